The molecule has 0 bridgehead atoms. The van der Waals surface area contributed by atoms with Gasteiger partial charge in [0.2, 0.25) is 11.8 Å². The zero-order chi connectivity index (χ0) is 40.5. The van der Waals surface area contributed by atoms with Crippen molar-refractivity contribution in [2.45, 2.75) is 62.5 Å². The quantitative estimate of drug-likeness (QED) is 0.126. The van der Waals surface area contributed by atoms with Crippen LogP contribution in [0.3, 0.4) is 0 Å². The number of rotatable bonds is 12. The van der Waals surface area contributed by atoms with Crippen LogP contribution in [0.25, 0.3) is 12.2 Å². The molecule has 0 N–H and O–H groups in total. The van der Waals surface area contributed by atoms with Crippen LogP contribution in [0.15, 0.2) is 58.3 Å². The summed E-state index contributed by atoms with van der Waals surface area (Å²) in [6.07, 6.45) is 5.63. The molecule has 2 aromatic rings. The summed E-state index contributed by atoms with van der Waals surface area (Å²) in [5, 5.41) is 24.1. The van der Waals surface area contributed by atoms with Gasteiger partial charge in [0.15, 0.2) is 0 Å². The standard InChI is InChI=1S/C38H48N6O10S/c1-37(2,3)53-35(47)25-39-15-19-41(20-16-39)33(45)13-9-27-7-11-31(29(23-27)43(49)50)55-32-12-8-28(24-30(32)44(51)52)10-14-34(46)42-21-17-40(18-22-42)26-36(48)54-38(4,5)6/h7-14,23-24H,15-22,25-26H2,1-6H3/b13-9+,14-10+. The Hall–Kier alpha value is -5.13. The summed E-state index contributed by atoms with van der Waals surface area (Å²) < 4.78 is 10.7. The number of carbonyl (C=O) groups excluding carboxylic acids is 4. The van der Waals surface area contributed by atoms with Crippen LogP contribution in [0.1, 0.15) is 52.7 Å². The number of nitrogens with zero attached hydrogens (tertiary/aromatic N) is 6. The molecular formula is C38H48N6O10S. The molecule has 0 radical (unpaired) electrons. The summed E-state index contributed by atoms with van der Waals surface area (Å²) in [5.41, 5.74) is -0.932. The van der Waals surface area contributed by atoms with Gasteiger partial charge in [-0.25, -0.2) is 0 Å². The molecule has 296 valence electrons. The SMILES string of the molecule is CC(C)(C)OC(=O)CN1CCN(C(=O)/C=C/c2ccc(Sc3ccc(/C=C/C(=O)N4CCN(CC(=O)OC(C)(C)C)CC4)cc3[N+](=O)[O-])c([N+](=O)[O-])c2)CC1. The van der Waals surface area contributed by atoms with E-state index in [1.807, 2.05) is 9.80 Å². The Morgan fingerprint density at radius 2 is 0.982 bits per heavy atom. The second-order valence-electron chi connectivity index (χ2n) is 15.1. The third-order valence-electron chi connectivity index (χ3n) is 8.33. The first kappa shape index (κ1) is 42.6. The van der Waals surface area contributed by atoms with E-state index in [2.05, 4.69) is 0 Å². The summed E-state index contributed by atoms with van der Waals surface area (Å²) in [6.45, 7) is 14.7. The lowest BCUT2D eigenvalue weighted by Crippen LogP contribution is -2.50. The van der Waals surface area contributed by atoms with Crippen molar-refractivity contribution in [2.24, 2.45) is 0 Å². The smallest absolute Gasteiger partial charge is 0.320 e. The van der Waals surface area contributed by atoms with Crippen LogP contribution in [-0.2, 0) is 28.7 Å². The van der Waals surface area contributed by atoms with Gasteiger partial charge in [0, 0.05) is 76.6 Å². The van der Waals surface area contributed by atoms with E-state index in [0.29, 0.717) is 63.5 Å². The van der Waals surface area contributed by atoms with Crippen molar-refractivity contribution in [1.82, 2.24) is 19.6 Å². The predicted octanol–water partition coefficient (Wildman–Crippen LogP) is 4.65. The fourth-order valence-electron chi connectivity index (χ4n) is 5.76. The molecule has 0 aromatic heterocycles. The monoisotopic (exact) mass is 780 g/mol. The number of benzene rings is 2. The van der Waals surface area contributed by atoms with Crippen LogP contribution < -0.4 is 0 Å². The van der Waals surface area contributed by atoms with E-state index in [-0.39, 0.29) is 58.0 Å². The number of ether oxygens (including phenoxy) is 2. The Morgan fingerprint density at radius 3 is 1.29 bits per heavy atom. The third-order valence-corrected chi connectivity index (χ3v) is 9.46. The zero-order valence-corrected chi connectivity index (χ0v) is 32.8. The lowest BCUT2D eigenvalue weighted by atomic mass is 10.1. The first-order valence-electron chi connectivity index (χ1n) is 17.8. The summed E-state index contributed by atoms with van der Waals surface area (Å²) in [7, 11) is 0. The Kier molecular flexibility index (Phi) is 14.3. The molecule has 2 amide bonds. The molecular weight excluding hydrogens is 733 g/mol. The van der Waals surface area contributed by atoms with Crippen molar-refractivity contribution in [1.29, 1.82) is 0 Å². The molecule has 0 saturated carbocycles. The molecule has 2 heterocycles. The molecule has 2 aliphatic heterocycles. The molecule has 4 rings (SSSR count). The molecule has 2 saturated heterocycles. The van der Waals surface area contributed by atoms with Crippen molar-refractivity contribution < 1.29 is 38.5 Å². The molecule has 55 heavy (non-hydrogen) atoms. The van der Waals surface area contributed by atoms with Gasteiger partial charge in [0.05, 0.1) is 32.7 Å². The predicted molar refractivity (Wildman–Crippen MR) is 206 cm³/mol. The van der Waals surface area contributed by atoms with Crippen LogP contribution in [0.4, 0.5) is 11.4 Å². The topological polar surface area (TPSA) is 186 Å². The Labute approximate surface area is 324 Å². The highest BCUT2D eigenvalue weighted by molar-refractivity contribution is 7.99. The average Bonchev–Trinajstić information content (AvgIpc) is 3.09. The van der Waals surface area contributed by atoms with Crippen LogP contribution in [-0.4, -0.2) is 130 Å². The van der Waals surface area contributed by atoms with Crippen molar-refractivity contribution in [2.75, 3.05) is 65.4 Å². The molecule has 0 unspecified atom stereocenters. The number of hydrogen-bond donors (Lipinski definition) is 0. The van der Waals surface area contributed by atoms with Gasteiger partial charge in [-0.3, -0.25) is 49.2 Å². The number of amides is 2. The van der Waals surface area contributed by atoms with Gasteiger partial charge in [0.1, 0.15) is 11.2 Å². The maximum atomic E-state index is 12.9. The van der Waals surface area contributed by atoms with Crippen molar-refractivity contribution in [3.8, 4) is 0 Å². The second-order valence-corrected chi connectivity index (χ2v) is 16.2. The minimum atomic E-state index is -0.586. The van der Waals surface area contributed by atoms with Gasteiger partial charge in [-0.15, -0.1) is 0 Å². The summed E-state index contributed by atoms with van der Waals surface area (Å²) >= 11 is 0.866. The molecule has 2 aliphatic rings. The largest absolute Gasteiger partial charge is 0.459 e. The van der Waals surface area contributed by atoms with Gasteiger partial charge in [-0.2, -0.15) is 0 Å². The molecule has 2 aromatic carbocycles. The number of hydrogen-bond acceptors (Lipinski definition) is 13. The van der Waals surface area contributed by atoms with Gasteiger partial charge in [-0.1, -0.05) is 23.9 Å². The lowest BCUT2D eigenvalue weighted by molar-refractivity contribution is -0.388. The van der Waals surface area contributed by atoms with E-state index in [1.165, 1.54) is 48.6 Å². The van der Waals surface area contributed by atoms with E-state index in [4.69, 9.17) is 9.47 Å². The molecule has 2 fully saturated rings. The maximum Gasteiger partial charge on any atom is 0.320 e. The molecule has 17 heteroatoms. The highest BCUT2D eigenvalue weighted by Gasteiger charge is 2.26. The normalized spacial score (nSPS) is 16.0. The van der Waals surface area contributed by atoms with E-state index < -0.39 is 21.0 Å². The first-order valence-corrected chi connectivity index (χ1v) is 18.6. The minimum Gasteiger partial charge on any atom is -0.459 e. The molecule has 0 aliphatic carbocycles. The fourth-order valence-corrected chi connectivity index (χ4v) is 6.75. The number of nitro groups is 2. The number of carbonyl (C=O) groups is 4. The fraction of sp³-hybridized carbons (Fsp3) is 0.474. The molecule has 0 spiro atoms. The van der Waals surface area contributed by atoms with E-state index in [9.17, 15) is 39.4 Å². The van der Waals surface area contributed by atoms with Gasteiger partial charge >= 0.3 is 11.9 Å². The van der Waals surface area contributed by atoms with Gasteiger partial charge in [-0.05, 0) is 77.0 Å². The highest BCUT2D eigenvalue weighted by Crippen LogP contribution is 2.40. The summed E-state index contributed by atoms with van der Waals surface area (Å²) in [4.78, 5) is 80.4. The molecule has 16 nitrogen and oxygen atoms in total. The maximum absolute atomic E-state index is 12.9. The summed E-state index contributed by atoms with van der Waals surface area (Å²) in [6, 6.07) is 8.74. The minimum absolute atomic E-state index is 0.133. The number of esters is 2. The summed E-state index contributed by atoms with van der Waals surface area (Å²) in [5.74, 6) is -1.21. The van der Waals surface area contributed by atoms with Crippen LogP contribution >= 0.6 is 11.8 Å². The third kappa shape index (κ3) is 13.6. The Balaban J connectivity index is 1.35. The zero-order valence-electron chi connectivity index (χ0n) is 32.0. The van der Waals surface area contributed by atoms with E-state index in [0.717, 1.165) is 11.8 Å². The average molecular weight is 781 g/mol. The van der Waals surface area contributed by atoms with Crippen molar-refractivity contribution in [3.63, 3.8) is 0 Å². The Bertz CT molecular complexity index is 1700. The van der Waals surface area contributed by atoms with Crippen LogP contribution in [0.5, 0.6) is 0 Å². The number of piperazine rings is 2. The van der Waals surface area contributed by atoms with Crippen molar-refractivity contribution in [3.05, 3.63) is 79.9 Å². The first-order chi connectivity index (χ1) is 25.8. The van der Waals surface area contributed by atoms with Crippen LogP contribution in [0, 0.1) is 20.2 Å². The van der Waals surface area contributed by atoms with Crippen molar-refractivity contribution >= 4 is 59.0 Å². The van der Waals surface area contributed by atoms with E-state index >= 15 is 0 Å². The second kappa shape index (κ2) is 18.5. The Morgan fingerprint density at radius 1 is 0.636 bits per heavy atom. The highest BCUT2D eigenvalue weighted by atomic mass is 32.2. The number of nitro benzene ring substituents is 2. The van der Waals surface area contributed by atoms with E-state index in [1.54, 1.807) is 63.5 Å². The molecule has 0 atom stereocenters. The van der Waals surface area contributed by atoms with Gasteiger partial charge < -0.3 is 19.3 Å². The van der Waals surface area contributed by atoms with Crippen LogP contribution in [0.2, 0.25) is 0 Å². The lowest BCUT2D eigenvalue weighted by Gasteiger charge is -2.34. The van der Waals surface area contributed by atoms with Gasteiger partial charge in [0.25, 0.3) is 11.4 Å².